The van der Waals surface area contributed by atoms with Crippen LogP contribution < -0.4 is 0 Å². The van der Waals surface area contributed by atoms with Gasteiger partial charge in [-0.05, 0) is 69.9 Å². The molecule has 0 aromatic carbocycles. The van der Waals surface area contributed by atoms with Crippen LogP contribution in [-0.2, 0) is 4.74 Å². The molecular formula is C26H35N3O2S. The summed E-state index contributed by atoms with van der Waals surface area (Å²) in [6.45, 7) is 12.6. The van der Waals surface area contributed by atoms with E-state index in [1.54, 1.807) is 16.2 Å². The lowest BCUT2D eigenvalue weighted by Crippen LogP contribution is -2.49. The van der Waals surface area contributed by atoms with Crippen molar-refractivity contribution in [1.82, 2.24) is 9.80 Å². The number of rotatable bonds is 2. The Labute approximate surface area is 196 Å². The fourth-order valence-electron chi connectivity index (χ4n) is 4.12. The van der Waals surface area contributed by atoms with E-state index < -0.39 is 5.60 Å². The highest BCUT2D eigenvalue weighted by Gasteiger charge is 2.28. The summed E-state index contributed by atoms with van der Waals surface area (Å²) >= 11 is 1.78. The van der Waals surface area contributed by atoms with Gasteiger partial charge >= 0.3 is 6.09 Å². The number of ether oxygens (including phenoxy) is 1. The maximum atomic E-state index is 12.4. The Morgan fingerprint density at radius 1 is 1.22 bits per heavy atom. The molecule has 2 aliphatic rings. The van der Waals surface area contributed by atoms with Gasteiger partial charge in [0.2, 0.25) is 0 Å². The van der Waals surface area contributed by atoms with Crippen LogP contribution in [0.2, 0.25) is 0 Å². The third-order valence-electron chi connectivity index (χ3n) is 5.84. The van der Waals surface area contributed by atoms with Crippen LogP contribution in [0.25, 0.3) is 5.57 Å². The average molecular weight is 454 g/mol. The molecule has 1 aromatic rings. The van der Waals surface area contributed by atoms with Gasteiger partial charge in [-0.15, -0.1) is 11.3 Å². The highest BCUT2D eigenvalue weighted by Crippen LogP contribution is 2.32. The highest BCUT2D eigenvalue weighted by molar-refractivity contribution is 7.11. The first-order chi connectivity index (χ1) is 15.2. The first-order valence-electron chi connectivity index (χ1n) is 11.5. The molecule has 0 N–H and O–H groups in total. The molecule has 1 aliphatic heterocycles. The molecular weight excluding hydrogens is 418 g/mol. The molecule has 1 amide bonds. The van der Waals surface area contributed by atoms with E-state index >= 15 is 0 Å². The molecule has 1 atom stereocenters. The molecule has 0 radical (unpaired) electrons. The van der Waals surface area contributed by atoms with E-state index in [1.807, 2.05) is 20.8 Å². The van der Waals surface area contributed by atoms with Gasteiger partial charge in [0.05, 0.1) is 11.3 Å². The first-order valence-corrected chi connectivity index (χ1v) is 12.3. The van der Waals surface area contributed by atoms with Crippen LogP contribution in [0.3, 0.4) is 0 Å². The Kier molecular flexibility index (Phi) is 7.84. The molecule has 32 heavy (non-hydrogen) atoms. The molecule has 1 saturated heterocycles. The van der Waals surface area contributed by atoms with Crippen LogP contribution >= 0.6 is 11.3 Å². The minimum absolute atomic E-state index is 0.260. The van der Waals surface area contributed by atoms with E-state index in [4.69, 9.17) is 4.74 Å². The van der Waals surface area contributed by atoms with Gasteiger partial charge in [-0.25, -0.2) is 4.79 Å². The molecule has 6 heteroatoms. The Bertz CT molecular complexity index is 937. The number of carbonyl (C=O) groups excluding carboxylic acids is 1. The van der Waals surface area contributed by atoms with Crippen molar-refractivity contribution < 1.29 is 9.53 Å². The topological polar surface area (TPSA) is 56.6 Å². The van der Waals surface area contributed by atoms with E-state index in [0.29, 0.717) is 32.1 Å². The van der Waals surface area contributed by atoms with E-state index in [0.717, 1.165) is 36.1 Å². The molecule has 0 bridgehead atoms. The summed E-state index contributed by atoms with van der Waals surface area (Å²) in [4.78, 5) is 17.8. The Balaban J connectivity index is 1.78. The first kappa shape index (κ1) is 24.1. The zero-order valence-electron chi connectivity index (χ0n) is 20.0. The number of hydrogen-bond acceptors (Lipinski definition) is 5. The Morgan fingerprint density at radius 3 is 2.53 bits per heavy atom. The summed E-state index contributed by atoms with van der Waals surface area (Å²) in [5.74, 6) is 0.392. The summed E-state index contributed by atoms with van der Waals surface area (Å²) in [6.07, 6.45) is 7.06. The number of nitriles is 1. The normalized spacial score (nSPS) is 20.9. The van der Waals surface area contributed by atoms with E-state index in [2.05, 4.69) is 54.5 Å². The number of hydrogen-bond donors (Lipinski definition) is 0. The summed E-state index contributed by atoms with van der Waals surface area (Å²) in [5.41, 5.74) is 3.83. The number of carbonyl (C=O) groups is 1. The molecule has 2 heterocycles. The second-order valence-corrected chi connectivity index (χ2v) is 10.6. The molecule has 1 unspecified atom stereocenters. The maximum Gasteiger partial charge on any atom is 0.410 e. The summed E-state index contributed by atoms with van der Waals surface area (Å²) in [7, 11) is 0. The predicted octanol–water partition coefficient (Wildman–Crippen LogP) is 6.23. The number of amides is 1. The predicted molar refractivity (Wildman–Crippen MR) is 131 cm³/mol. The highest BCUT2D eigenvalue weighted by atomic mass is 32.1. The van der Waals surface area contributed by atoms with Crippen molar-refractivity contribution in [3.8, 4) is 6.07 Å². The van der Waals surface area contributed by atoms with Gasteiger partial charge in [0.1, 0.15) is 11.7 Å². The van der Waals surface area contributed by atoms with Gasteiger partial charge in [0.25, 0.3) is 0 Å². The van der Waals surface area contributed by atoms with Crippen molar-refractivity contribution in [2.45, 2.75) is 59.5 Å². The van der Waals surface area contributed by atoms with Crippen LogP contribution in [0.4, 0.5) is 4.79 Å². The van der Waals surface area contributed by atoms with Gasteiger partial charge < -0.3 is 14.5 Å². The lowest BCUT2D eigenvalue weighted by Gasteiger charge is -2.38. The van der Waals surface area contributed by atoms with E-state index in [9.17, 15) is 10.1 Å². The average Bonchev–Trinajstić information content (AvgIpc) is 3.27. The van der Waals surface area contributed by atoms with Crippen molar-refractivity contribution in [3.63, 3.8) is 0 Å². The zero-order chi connectivity index (χ0) is 23.3. The van der Waals surface area contributed by atoms with Crippen LogP contribution in [0.1, 0.15) is 58.8 Å². The fourth-order valence-corrected chi connectivity index (χ4v) is 4.91. The standard InChI is InChI=1S/C26H35N3O2S/c1-19-8-11-23(28-12-14-29(15-13-28)25(30)31-26(3,4)5)22(18-27)20(2)9-10-21(17-19)24-7-6-16-32-24/h6-7,11,16-17,19H,8-10,12-15H2,1-5H3. The summed E-state index contributed by atoms with van der Waals surface area (Å²) in [5, 5.41) is 12.2. The quantitative estimate of drug-likeness (QED) is 0.533. The molecule has 172 valence electrons. The van der Waals surface area contributed by atoms with Gasteiger partial charge in [-0.3, -0.25) is 0 Å². The van der Waals surface area contributed by atoms with Crippen molar-refractivity contribution in [2.75, 3.05) is 26.2 Å². The maximum absolute atomic E-state index is 12.4. The van der Waals surface area contributed by atoms with Crippen molar-refractivity contribution >= 4 is 23.0 Å². The van der Waals surface area contributed by atoms with Crippen molar-refractivity contribution in [2.24, 2.45) is 5.92 Å². The molecule has 1 aliphatic carbocycles. The number of nitrogens with zero attached hydrogens (tertiary/aromatic N) is 3. The van der Waals surface area contributed by atoms with E-state index in [1.165, 1.54) is 10.5 Å². The second-order valence-electron chi connectivity index (χ2n) is 9.69. The molecule has 5 nitrogen and oxygen atoms in total. The zero-order valence-corrected chi connectivity index (χ0v) is 20.8. The molecule has 1 fully saturated rings. The molecule has 0 spiro atoms. The fraction of sp³-hybridized carbons (Fsp3) is 0.538. The molecule has 0 saturated carbocycles. The monoisotopic (exact) mass is 453 g/mol. The summed E-state index contributed by atoms with van der Waals surface area (Å²) < 4.78 is 5.53. The largest absolute Gasteiger partial charge is 0.444 e. The van der Waals surface area contributed by atoms with Gasteiger partial charge in [-0.1, -0.05) is 30.7 Å². The van der Waals surface area contributed by atoms with Gasteiger partial charge in [0, 0.05) is 31.1 Å². The van der Waals surface area contributed by atoms with E-state index in [-0.39, 0.29) is 6.09 Å². The van der Waals surface area contributed by atoms with Crippen molar-refractivity contribution in [1.29, 1.82) is 5.26 Å². The smallest absolute Gasteiger partial charge is 0.410 e. The number of piperazine rings is 1. The molecule has 3 rings (SSSR count). The van der Waals surface area contributed by atoms with Gasteiger partial charge in [-0.2, -0.15) is 5.26 Å². The van der Waals surface area contributed by atoms with Crippen molar-refractivity contribution in [3.05, 3.63) is 51.4 Å². The third kappa shape index (κ3) is 6.26. The van der Waals surface area contributed by atoms with Crippen LogP contribution in [0.5, 0.6) is 0 Å². The lowest BCUT2D eigenvalue weighted by atomic mass is 9.92. The SMILES string of the molecule is CC1=C(C#N)C(N2CCN(C(=O)OC(C)(C)C)CC2)=CCC(C)C=C(c2cccs2)CC1. The minimum Gasteiger partial charge on any atom is -0.444 e. The molecule has 1 aromatic heterocycles. The Hall–Kier alpha value is -2.52. The van der Waals surface area contributed by atoms with Crippen LogP contribution in [0, 0.1) is 17.2 Å². The van der Waals surface area contributed by atoms with Gasteiger partial charge in [0.15, 0.2) is 0 Å². The number of thiophene rings is 1. The Morgan fingerprint density at radius 2 is 1.94 bits per heavy atom. The van der Waals surface area contributed by atoms with Crippen LogP contribution in [0.15, 0.2) is 46.5 Å². The second kappa shape index (κ2) is 10.4. The number of allylic oxidation sites excluding steroid dienone is 5. The summed E-state index contributed by atoms with van der Waals surface area (Å²) in [6, 6.07) is 6.78. The van der Waals surface area contributed by atoms with Crippen LogP contribution in [-0.4, -0.2) is 47.7 Å². The lowest BCUT2D eigenvalue weighted by molar-refractivity contribution is 0.0170. The third-order valence-corrected chi connectivity index (χ3v) is 6.79. The minimum atomic E-state index is -0.494.